The number of ketones is 1. The van der Waals surface area contributed by atoms with Crippen molar-refractivity contribution in [3.63, 3.8) is 0 Å². The van der Waals surface area contributed by atoms with Gasteiger partial charge in [0, 0.05) is 29.1 Å². The predicted molar refractivity (Wildman–Crippen MR) is 76.3 cm³/mol. The Labute approximate surface area is 114 Å². The van der Waals surface area contributed by atoms with Gasteiger partial charge in [0.25, 0.3) is 0 Å². The molecule has 2 aromatic heterocycles. The van der Waals surface area contributed by atoms with Crippen LogP contribution in [0.2, 0.25) is 0 Å². The summed E-state index contributed by atoms with van der Waals surface area (Å²) in [6.45, 7) is 0. The van der Waals surface area contributed by atoms with Crippen LogP contribution in [0.25, 0.3) is 10.1 Å². The average molecular weight is 271 g/mol. The fourth-order valence-electron chi connectivity index (χ4n) is 2.11. The van der Waals surface area contributed by atoms with Crippen LogP contribution in [-0.4, -0.2) is 15.6 Å². The molecule has 0 aliphatic carbocycles. The van der Waals surface area contributed by atoms with Crippen molar-refractivity contribution >= 4 is 27.2 Å². The second kappa shape index (κ2) is 4.60. The fourth-order valence-corrected chi connectivity index (χ4v) is 3.03. The number of nitrogens with two attached hydrogens (primary N) is 1. The summed E-state index contributed by atoms with van der Waals surface area (Å²) in [6, 6.07) is 7.06. The highest BCUT2D eigenvalue weighted by molar-refractivity contribution is 7.17. The number of carbonyl (C=O) groups is 1. The lowest BCUT2D eigenvalue weighted by Gasteiger charge is -2.09. The third-order valence-corrected chi connectivity index (χ3v) is 4.07. The summed E-state index contributed by atoms with van der Waals surface area (Å²) in [7, 11) is 1.81. The zero-order valence-electron chi connectivity index (χ0n) is 10.4. The summed E-state index contributed by atoms with van der Waals surface area (Å²) in [4.78, 5) is 12.5. The lowest BCUT2D eigenvalue weighted by molar-refractivity contribution is 0.0963. The molecule has 0 radical (unpaired) electrons. The SMILES string of the molecule is Cn1cc(C(N)C(=O)c2cccc3ccsc23)cn1. The molecule has 3 aromatic rings. The van der Waals surface area contributed by atoms with Crippen LogP contribution in [-0.2, 0) is 7.05 Å². The van der Waals surface area contributed by atoms with Gasteiger partial charge in [0.15, 0.2) is 5.78 Å². The van der Waals surface area contributed by atoms with Crippen LogP contribution in [0.5, 0.6) is 0 Å². The number of hydrogen-bond acceptors (Lipinski definition) is 4. The molecule has 1 aromatic carbocycles. The highest BCUT2D eigenvalue weighted by Crippen LogP contribution is 2.27. The van der Waals surface area contributed by atoms with Gasteiger partial charge in [-0.15, -0.1) is 11.3 Å². The second-order valence-corrected chi connectivity index (χ2v) is 5.35. The molecule has 0 amide bonds. The Bertz CT molecular complexity index is 744. The van der Waals surface area contributed by atoms with Gasteiger partial charge in [0.1, 0.15) is 0 Å². The van der Waals surface area contributed by atoms with Gasteiger partial charge in [-0.25, -0.2) is 0 Å². The molecule has 1 atom stereocenters. The number of hydrogen-bond donors (Lipinski definition) is 1. The first-order valence-corrected chi connectivity index (χ1v) is 6.79. The average Bonchev–Trinajstić information content (AvgIpc) is 3.04. The standard InChI is InChI=1S/C14H13N3OS/c1-17-8-10(7-16-17)12(15)13(18)11-4-2-3-9-5-6-19-14(9)11/h2-8,12H,15H2,1H3. The molecule has 5 heteroatoms. The van der Waals surface area contributed by atoms with Gasteiger partial charge in [0.2, 0.25) is 0 Å². The number of aryl methyl sites for hydroxylation is 1. The molecule has 2 heterocycles. The minimum atomic E-state index is -0.665. The molecule has 3 rings (SSSR count). The number of nitrogens with zero attached hydrogens (tertiary/aromatic N) is 2. The van der Waals surface area contributed by atoms with Gasteiger partial charge >= 0.3 is 0 Å². The molecular weight excluding hydrogens is 258 g/mol. The number of rotatable bonds is 3. The Kier molecular flexibility index (Phi) is 2.93. The maximum Gasteiger partial charge on any atom is 0.185 e. The van der Waals surface area contributed by atoms with Crippen LogP contribution >= 0.6 is 11.3 Å². The molecule has 0 saturated heterocycles. The van der Waals surface area contributed by atoms with E-state index in [4.69, 9.17) is 5.73 Å². The minimum absolute atomic E-state index is 0.0685. The summed E-state index contributed by atoms with van der Waals surface area (Å²) in [6.07, 6.45) is 3.41. The highest BCUT2D eigenvalue weighted by Gasteiger charge is 2.21. The van der Waals surface area contributed by atoms with Gasteiger partial charge in [0.05, 0.1) is 12.2 Å². The Morgan fingerprint density at radius 1 is 1.42 bits per heavy atom. The molecule has 19 heavy (non-hydrogen) atoms. The van der Waals surface area contributed by atoms with Gasteiger partial charge in [-0.1, -0.05) is 12.1 Å². The van der Waals surface area contributed by atoms with E-state index in [0.29, 0.717) is 5.56 Å². The topological polar surface area (TPSA) is 60.9 Å². The summed E-state index contributed by atoms with van der Waals surface area (Å²) in [5.74, 6) is -0.0685. The van der Waals surface area contributed by atoms with Gasteiger partial charge in [-0.3, -0.25) is 9.48 Å². The zero-order chi connectivity index (χ0) is 13.4. The van der Waals surface area contributed by atoms with Crippen LogP contribution in [0.3, 0.4) is 0 Å². The third-order valence-electron chi connectivity index (χ3n) is 3.11. The largest absolute Gasteiger partial charge is 0.317 e. The molecule has 0 spiro atoms. The van der Waals surface area contributed by atoms with Crippen molar-refractivity contribution in [1.29, 1.82) is 0 Å². The van der Waals surface area contributed by atoms with E-state index < -0.39 is 6.04 Å². The molecule has 96 valence electrons. The molecule has 2 N–H and O–H groups in total. The van der Waals surface area contributed by atoms with Crippen LogP contribution < -0.4 is 5.73 Å². The molecule has 0 fully saturated rings. The number of Topliss-reactive ketones (excluding diaryl/α,β-unsaturated/α-hetero) is 1. The van der Waals surface area contributed by atoms with Crippen molar-refractivity contribution in [3.05, 3.63) is 53.2 Å². The van der Waals surface area contributed by atoms with Gasteiger partial charge < -0.3 is 5.73 Å². The summed E-state index contributed by atoms with van der Waals surface area (Å²) < 4.78 is 2.64. The zero-order valence-corrected chi connectivity index (χ0v) is 11.2. The molecule has 0 aliphatic rings. The third kappa shape index (κ3) is 2.07. The van der Waals surface area contributed by atoms with E-state index in [1.807, 2.05) is 29.6 Å². The Morgan fingerprint density at radius 2 is 2.26 bits per heavy atom. The predicted octanol–water partition coefficient (Wildman–Crippen LogP) is 2.52. The first-order valence-electron chi connectivity index (χ1n) is 5.91. The quantitative estimate of drug-likeness (QED) is 0.745. The number of fused-ring (bicyclic) bond motifs is 1. The van der Waals surface area contributed by atoms with E-state index in [9.17, 15) is 4.79 Å². The smallest absolute Gasteiger partial charge is 0.185 e. The van der Waals surface area contributed by atoms with Crippen molar-refractivity contribution in [2.45, 2.75) is 6.04 Å². The first-order chi connectivity index (χ1) is 9.16. The Balaban J connectivity index is 2.02. The van der Waals surface area contributed by atoms with E-state index >= 15 is 0 Å². The number of benzene rings is 1. The molecule has 0 aliphatic heterocycles. The molecular formula is C14H13N3OS. The van der Waals surface area contributed by atoms with E-state index in [-0.39, 0.29) is 5.78 Å². The summed E-state index contributed by atoms with van der Waals surface area (Å²) in [5, 5.41) is 7.11. The van der Waals surface area contributed by atoms with Crippen molar-refractivity contribution in [1.82, 2.24) is 9.78 Å². The van der Waals surface area contributed by atoms with E-state index in [0.717, 1.165) is 15.6 Å². The maximum absolute atomic E-state index is 12.5. The van der Waals surface area contributed by atoms with Crippen LogP contribution in [0.4, 0.5) is 0 Å². The van der Waals surface area contributed by atoms with Crippen LogP contribution in [0.15, 0.2) is 42.0 Å². The van der Waals surface area contributed by atoms with Crippen molar-refractivity contribution in [2.75, 3.05) is 0 Å². The van der Waals surface area contributed by atoms with Crippen LogP contribution in [0.1, 0.15) is 22.0 Å². The molecule has 0 bridgehead atoms. The number of aromatic nitrogens is 2. The summed E-state index contributed by atoms with van der Waals surface area (Å²) in [5.41, 5.74) is 7.47. The monoisotopic (exact) mass is 271 g/mol. The maximum atomic E-state index is 12.5. The van der Waals surface area contributed by atoms with Gasteiger partial charge in [-0.05, 0) is 22.9 Å². The fraction of sp³-hybridized carbons (Fsp3) is 0.143. The molecule has 1 unspecified atom stereocenters. The summed E-state index contributed by atoms with van der Waals surface area (Å²) >= 11 is 1.56. The second-order valence-electron chi connectivity index (χ2n) is 4.43. The molecule has 4 nitrogen and oxygen atoms in total. The van der Waals surface area contributed by atoms with Crippen molar-refractivity contribution < 1.29 is 4.79 Å². The van der Waals surface area contributed by atoms with Crippen molar-refractivity contribution in [2.24, 2.45) is 12.8 Å². The van der Waals surface area contributed by atoms with E-state index in [1.54, 1.807) is 35.5 Å². The lowest BCUT2D eigenvalue weighted by atomic mass is 10.00. The Morgan fingerprint density at radius 3 is 3.00 bits per heavy atom. The van der Waals surface area contributed by atoms with E-state index in [2.05, 4.69) is 5.10 Å². The van der Waals surface area contributed by atoms with Crippen LogP contribution in [0, 0.1) is 0 Å². The number of thiophene rings is 1. The molecule has 0 saturated carbocycles. The van der Waals surface area contributed by atoms with Gasteiger partial charge in [-0.2, -0.15) is 5.10 Å². The van der Waals surface area contributed by atoms with E-state index in [1.165, 1.54) is 0 Å². The normalized spacial score (nSPS) is 12.7. The Hall–Kier alpha value is -1.98. The first kappa shape index (κ1) is 12.1. The number of carbonyl (C=O) groups excluding carboxylic acids is 1. The minimum Gasteiger partial charge on any atom is -0.317 e. The van der Waals surface area contributed by atoms with Crippen molar-refractivity contribution in [3.8, 4) is 0 Å². The lowest BCUT2D eigenvalue weighted by Crippen LogP contribution is -2.21. The highest BCUT2D eigenvalue weighted by atomic mass is 32.1.